The molecule has 7 heteroatoms. The molecule has 1 aromatic rings. The van der Waals surface area contributed by atoms with Gasteiger partial charge < -0.3 is 9.64 Å². The smallest absolute Gasteiger partial charge is 0.243 e. The Bertz CT molecular complexity index is 688. The van der Waals surface area contributed by atoms with Gasteiger partial charge in [-0.15, -0.1) is 0 Å². The number of carbonyl (C=O) groups excluding carboxylic acids is 1. The lowest BCUT2D eigenvalue weighted by molar-refractivity contribution is -0.135. The quantitative estimate of drug-likeness (QED) is 0.800. The second kappa shape index (κ2) is 7.74. The van der Waals surface area contributed by atoms with Crippen LogP contribution in [0.2, 0.25) is 0 Å². The van der Waals surface area contributed by atoms with E-state index in [0.717, 1.165) is 25.9 Å². The second-order valence-electron chi connectivity index (χ2n) is 6.62. The maximum atomic E-state index is 12.8. The summed E-state index contributed by atoms with van der Waals surface area (Å²) < 4.78 is 32.4. The van der Waals surface area contributed by atoms with E-state index in [9.17, 15) is 13.2 Å². The van der Waals surface area contributed by atoms with Gasteiger partial charge in [-0.25, -0.2) is 8.42 Å². The van der Waals surface area contributed by atoms with Crippen LogP contribution in [0.4, 0.5) is 0 Å². The highest BCUT2D eigenvalue weighted by atomic mass is 32.2. The summed E-state index contributed by atoms with van der Waals surface area (Å²) in [7, 11) is -3.51. The van der Waals surface area contributed by atoms with Gasteiger partial charge in [-0.1, -0.05) is 0 Å². The molecule has 25 heavy (non-hydrogen) atoms. The number of piperidine rings is 1. The Balaban J connectivity index is 1.61. The maximum Gasteiger partial charge on any atom is 0.243 e. The lowest BCUT2D eigenvalue weighted by Gasteiger charge is -2.32. The number of carbonyl (C=O) groups is 1. The highest BCUT2D eigenvalue weighted by Crippen LogP contribution is 2.27. The van der Waals surface area contributed by atoms with Gasteiger partial charge >= 0.3 is 0 Å². The van der Waals surface area contributed by atoms with Crippen LogP contribution >= 0.6 is 0 Å². The predicted octanol–water partition coefficient (Wildman–Crippen LogP) is 2.11. The molecule has 2 fully saturated rings. The summed E-state index contributed by atoms with van der Waals surface area (Å²) in [6, 6.07) is 6.53. The molecule has 2 saturated heterocycles. The van der Waals surface area contributed by atoms with Gasteiger partial charge in [0.15, 0.2) is 0 Å². The third-order valence-corrected chi connectivity index (χ3v) is 6.91. The Morgan fingerprint density at radius 1 is 1.08 bits per heavy atom. The van der Waals surface area contributed by atoms with Gasteiger partial charge in [0.2, 0.25) is 15.9 Å². The first-order chi connectivity index (χ1) is 12.0. The third-order valence-electron chi connectivity index (χ3n) is 4.99. The third kappa shape index (κ3) is 3.98. The first kappa shape index (κ1) is 18.2. The van der Waals surface area contributed by atoms with Crippen LogP contribution < -0.4 is 4.74 Å². The molecule has 6 nitrogen and oxygen atoms in total. The minimum Gasteiger partial charge on any atom is -0.494 e. The van der Waals surface area contributed by atoms with E-state index < -0.39 is 10.0 Å². The van der Waals surface area contributed by atoms with Crippen LogP contribution in [-0.2, 0) is 14.8 Å². The average molecular weight is 366 g/mol. The van der Waals surface area contributed by atoms with Crippen LogP contribution in [0, 0.1) is 5.92 Å². The lowest BCUT2D eigenvalue weighted by Crippen LogP contribution is -2.43. The number of hydrogen-bond donors (Lipinski definition) is 0. The monoisotopic (exact) mass is 366 g/mol. The first-order valence-corrected chi connectivity index (χ1v) is 10.5. The van der Waals surface area contributed by atoms with Crippen LogP contribution in [0.15, 0.2) is 29.2 Å². The molecule has 2 aliphatic heterocycles. The van der Waals surface area contributed by atoms with E-state index in [1.54, 1.807) is 24.3 Å². The summed E-state index contributed by atoms with van der Waals surface area (Å²) in [6.07, 6.45) is 3.37. The van der Waals surface area contributed by atoms with Gasteiger partial charge in [-0.3, -0.25) is 4.79 Å². The predicted molar refractivity (Wildman–Crippen MR) is 94.9 cm³/mol. The van der Waals surface area contributed by atoms with Crippen LogP contribution in [-0.4, -0.2) is 56.3 Å². The molecule has 0 aliphatic carbocycles. The zero-order chi connectivity index (χ0) is 17.9. The molecular weight excluding hydrogens is 340 g/mol. The number of likely N-dealkylation sites (tertiary alicyclic amines) is 1. The highest BCUT2D eigenvalue weighted by Gasteiger charge is 2.34. The zero-order valence-electron chi connectivity index (χ0n) is 14.7. The Morgan fingerprint density at radius 3 is 2.24 bits per heavy atom. The molecule has 3 rings (SSSR count). The van der Waals surface area contributed by atoms with Gasteiger partial charge in [0.05, 0.1) is 11.5 Å². The fourth-order valence-electron chi connectivity index (χ4n) is 3.56. The molecule has 0 radical (unpaired) electrons. The summed E-state index contributed by atoms with van der Waals surface area (Å²) >= 11 is 0. The van der Waals surface area contributed by atoms with E-state index in [2.05, 4.69) is 0 Å². The lowest BCUT2D eigenvalue weighted by atomic mass is 9.97. The van der Waals surface area contributed by atoms with Crippen molar-refractivity contribution in [1.29, 1.82) is 0 Å². The van der Waals surface area contributed by atoms with Gasteiger partial charge in [-0.05, 0) is 56.9 Å². The van der Waals surface area contributed by atoms with Gasteiger partial charge in [0, 0.05) is 32.1 Å². The molecular formula is C18H26N2O4S. The molecule has 0 saturated carbocycles. The SMILES string of the molecule is CCOc1ccc(S(=O)(=O)N2CCC(C(=O)N3CCCC3)CC2)cc1. The number of amides is 1. The standard InChI is InChI=1S/C18H26N2O4S/c1-2-24-16-5-7-17(8-6-16)25(22,23)20-13-9-15(10-14-20)18(21)19-11-3-4-12-19/h5-8,15H,2-4,9-14H2,1H3. The van der Waals surface area contributed by atoms with Crippen molar-refractivity contribution in [2.24, 2.45) is 5.92 Å². The number of ether oxygens (including phenoxy) is 1. The number of sulfonamides is 1. The minimum absolute atomic E-state index is 0.0371. The summed E-state index contributed by atoms with van der Waals surface area (Å²) in [5, 5.41) is 0. The van der Waals surface area contributed by atoms with Crippen molar-refractivity contribution >= 4 is 15.9 Å². The number of nitrogens with zero attached hydrogens (tertiary/aromatic N) is 2. The summed E-state index contributed by atoms with van der Waals surface area (Å²) in [5.74, 6) is 0.830. The summed E-state index contributed by atoms with van der Waals surface area (Å²) in [6.45, 7) is 4.94. The van der Waals surface area contributed by atoms with Crippen LogP contribution in [0.25, 0.3) is 0 Å². The van der Waals surface area contributed by atoms with Crippen molar-refractivity contribution in [3.05, 3.63) is 24.3 Å². The van der Waals surface area contributed by atoms with Crippen molar-refractivity contribution in [3.63, 3.8) is 0 Å². The molecule has 0 spiro atoms. The van der Waals surface area contributed by atoms with E-state index in [4.69, 9.17) is 4.74 Å². The molecule has 2 heterocycles. The van der Waals surface area contributed by atoms with Crippen molar-refractivity contribution in [1.82, 2.24) is 9.21 Å². The maximum absolute atomic E-state index is 12.8. The number of rotatable bonds is 5. The summed E-state index contributed by atoms with van der Waals surface area (Å²) in [5.41, 5.74) is 0. The molecule has 0 unspecified atom stereocenters. The molecule has 2 aliphatic rings. The number of hydrogen-bond acceptors (Lipinski definition) is 4. The average Bonchev–Trinajstić information content (AvgIpc) is 3.17. The normalized spacial score (nSPS) is 20.0. The second-order valence-corrected chi connectivity index (χ2v) is 8.55. The van der Waals surface area contributed by atoms with Crippen molar-refractivity contribution in [2.75, 3.05) is 32.8 Å². The van der Waals surface area contributed by atoms with Crippen molar-refractivity contribution < 1.29 is 17.9 Å². The topological polar surface area (TPSA) is 66.9 Å². The molecule has 0 aromatic heterocycles. The Labute approximate surface area is 149 Å². The van der Waals surface area contributed by atoms with Crippen molar-refractivity contribution in [3.8, 4) is 5.75 Å². The molecule has 1 aromatic carbocycles. The van der Waals surface area contributed by atoms with Crippen LogP contribution in [0.3, 0.4) is 0 Å². The van der Waals surface area contributed by atoms with E-state index in [0.29, 0.717) is 38.3 Å². The largest absolute Gasteiger partial charge is 0.494 e. The van der Waals surface area contributed by atoms with E-state index in [1.807, 2.05) is 11.8 Å². The van der Waals surface area contributed by atoms with Crippen LogP contribution in [0.1, 0.15) is 32.6 Å². The van der Waals surface area contributed by atoms with E-state index in [1.165, 1.54) is 4.31 Å². The molecule has 138 valence electrons. The molecule has 1 amide bonds. The molecule has 0 N–H and O–H groups in total. The highest BCUT2D eigenvalue weighted by molar-refractivity contribution is 7.89. The van der Waals surface area contributed by atoms with Gasteiger partial charge in [0.25, 0.3) is 0 Å². The summed E-state index contributed by atoms with van der Waals surface area (Å²) in [4.78, 5) is 14.7. The Hall–Kier alpha value is -1.60. The molecule has 0 atom stereocenters. The molecule has 0 bridgehead atoms. The van der Waals surface area contributed by atoms with Gasteiger partial charge in [-0.2, -0.15) is 4.31 Å². The minimum atomic E-state index is -3.51. The van der Waals surface area contributed by atoms with E-state index in [-0.39, 0.29) is 16.7 Å². The van der Waals surface area contributed by atoms with Gasteiger partial charge in [0.1, 0.15) is 5.75 Å². The van der Waals surface area contributed by atoms with Crippen LogP contribution in [0.5, 0.6) is 5.75 Å². The van der Waals surface area contributed by atoms with E-state index >= 15 is 0 Å². The fourth-order valence-corrected chi connectivity index (χ4v) is 5.03. The Morgan fingerprint density at radius 2 is 1.68 bits per heavy atom. The zero-order valence-corrected chi connectivity index (χ0v) is 15.5. The Kier molecular flexibility index (Phi) is 5.64. The number of benzene rings is 1. The fraction of sp³-hybridized carbons (Fsp3) is 0.611. The first-order valence-electron chi connectivity index (χ1n) is 9.04. The van der Waals surface area contributed by atoms with Crippen molar-refractivity contribution in [2.45, 2.75) is 37.5 Å².